The van der Waals surface area contributed by atoms with Crippen molar-refractivity contribution in [2.24, 2.45) is 0 Å². The first-order chi connectivity index (χ1) is 9.20. The zero-order chi connectivity index (χ0) is 13.4. The largest absolute Gasteiger partial charge is 0.323 e. The van der Waals surface area contributed by atoms with Gasteiger partial charge in [-0.2, -0.15) is 11.8 Å². The molecule has 0 amide bonds. The Hall–Kier alpha value is -0.450. The van der Waals surface area contributed by atoms with Crippen LogP contribution in [-0.4, -0.2) is 21.1 Å². The van der Waals surface area contributed by atoms with E-state index in [0.717, 1.165) is 29.0 Å². The second kappa shape index (κ2) is 5.51. The number of halogens is 3. The quantitative estimate of drug-likeness (QED) is 0.751. The zero-order valence-electron chi connectivity index (χ0n) is 10.2. The van der Waals surface area contributed by atoms with Gasteiger partial charge in [-0.15, -0.1) is 11.6 Å². The van der Waals surface area contributed by atoms with Crippen molar-refractivity contribution in [3.05, 3.63) is 28.8 Å². The third-order valence-electron chi connectivity index (χ3n) is 3.43. The van der Waals surface area contributed by atoms with Gasteiger partial charge in [-0.1, -0.05) is 11.6 Å². The molecule has 2 nitrogen and oxygen atoms in total. The Morgan fingerprint density at radius 3 is 3.00 bits per heavy atom. The summed E-state index contributed by atoms with van der Waals surface area (Å²) in [6.07, 6.45) is 2.26. The van der Waals surface area contributed by atoms with Crippen LogP contribution in [0.1, 0.15) is 24.7 Å². The van der Waals surface area contributed by atoms with E-state index in [1.807, 2.05) is 11.8 Å². The van der Waals surface area contributed by atoms with Gasteiger partial charge in [0.15, 0.2) is 0 Å². The van der Waals surface area contributed by atoms with Gasteiger partial charge in [0, 0.05) is 17.9 Å². The second-order valence-electron chi connectivity index (χ2n) is 4.66. The van der Waals surface area contributed by atoms with E-state index < -0.39 is 5.82 Å². The maximum Gasteiger partial charge on any atom is 0.144 e. The van der Waals surface area contributed by atoms with Crippen LogP contribution in [0.4, 0.5) is 4.39 Å². The van der Waals surface area contributed by atoms with Gasteiger partial charge in [0.25, 0.3) is 0 Å². The molecular formula is C13H13Cl2FN2S. The van der Waals surface area contributed by atoms with E-state index in [4.69, 9.17) is 23.2 Å². The molecule has 0 spiro atoms. The van der Waals surface area contributed by atoms with Crippen molar-refractivity contribution < 1.29 is 4.39 Å². The Morgan fingerprint density at radius 2 is 2.32 bits per heavy atom. The van der Waals surface area contributed by atoms with E-state index in [1.165, 1.54) is 18.2 Å². The first-order valence-electron chi connectivity index (χ1n) is 6.20. The first-order valence-corrected chi connectivity index (χ1v) is 8.27. The minimum atomic E-state index is -0.403. The number of nitrogens with zero attached hydrogens (tertiary/aromatic N) is 2. The van der Waals surface area contributed by atoms with E-state index in [9.17, 15) is 4.39 Å². The topological polar surface area (TPSA) is 17.8 Å². The molecule has 1 atom stereocenters. The van der Waals surface area contributed by atoms with Crippen LogP contribution in [0.25, 0.3) is 11.0 Å². The highest BCUT2D eigenvalue weighted by Gasteiger charge is 2.22. The lowest BCUT2D eigenvalue weighted by Crippen LogP contribution is -2.18. The van der Waals surface area contributed by atoms with Gasteiger partial charge < -0.3 is 4.57 Å². The predicted octanol–water partition coefficient (Wildman–Crippen LogP) is 4.64. The lowest BCUT2D eigenvalue weighted by atomic mass is 10.1. The Kier molecular flexibility index (Phi) is 3.92. The lowest BCUT2D eigenvalue weighted by Gasteiger charge is -2.25. The molecule has 2 aromatic rings. The minimum absolute atomic E-state index is 0.108. The Balaban J connectivity index is 2.16. The highest BCUT2D eigenvalue weighted by Crippen LogP contribution is 2.33. The van der Waals surface area contributed by atoms with Crippen LogP contribution < -0.4 is 0 Å². The number of alkyl halides is 1. The van der Waals surface area contributed by atoms with Crippen LogP contribution in [0, 0.1) is 5.82 Å². The fraction of sp³-hybridized carbons (Fsp3) is 0.462. The number of fused-ring (bicyclic) bond motifs is 1. The van der Waals surface area contributed by atoms with Crippen molar-refractivity contribution in [3.8, 4) is 0 Å². The van der Waals surface area contributed by atoms with Gasteiger partial charge in [0.05, 0.1) is 21.9 Å². The van der Waals surface area contributed by atoms with Crippen molar-refractivity contribution in [1.82, 2.24) is 9.55 Å². The maximum atomic E-state index is 13.7. The standard InChI is InChI=1S/C13H13Cl2FN2S/c14-6-13-17-11-4-9(15)10(16)5-12(11)18(13)8-2-1-3-19-7-8/h4-5,8H,1-3,6-7H2. The fourth-order valence-corrected chi connectivity index (χ4v) is 4.04. The van der Waals surface area contributed by atoms with Crippen molar-refractivity contribution in [2.75, 3.05) is 11.5 Å². The average molecular weight is 319 g/mol. The molecule has 1 aromatic heterocycles. The van der Waals surface area contributed by atoms with Gasteiger partial charge in [0.1, 0.15) is 11.6 Å². The van der Waals surface area contributed by atoms with Gasteiger partial charge in [-0.25, -0.2) is 9.37 Å². The van der Waals surface area contributed by atoms with E-state index in [-0.39, 0.29) is 5.02 Å². The van der Waals surface area contributed by atoms with Crippen molar-refractivity contribution in [3.63, 3.8) is 0 Å². The molecule has 0 bridgehead atoms. The fourth-order valence-electron chi connectivity index (χ4n) is 2.57. The molecule has 0 saturated carbocycles. The predicted molar refractivity (Wildman–Crippen MR) is 79.9 cm³/mol. The zero-order valence-corrected chi connectivity index (χ0v) is 12.5. The number of thioether (sulfide) groups is 1. The molecule has 1 aliphatic heterocycles. The Bertz CT molecular complexity index is 608. The summed E-state index contributed by atoms with van der Waals surface area (Å²) in [4.78, 5) is 4.48. The number of aromatic nitrogens is 2. The van der Waals surface area contributed by atoms with Crippen LogP contribution in [0.15, 0.2) is 12.1 Å². The number of hydrogen-bond acceptors (Lipinski definition) is 2. The Labute approximate surface area is 125 Å². The molecule has 6 heteroatoms. The van der Waals surface area contributed by atoms with E-state index in [2.05, 4.69) is 9.55 Å². The molecule has 2 heterocycles. The van der Waals surface area contributed by atoms with Gasteiger partial charge >= 0.3 is 0 Å². The van der Waals surface area contributed by atoms with Gasteiger partial charge in [-0.3, -0.25) is 0 Å². The molecule has 1 fully saturated rings. The highest BCUT2D eigenvalue weighted by atomic mass is 35.5. The summed E-state index contributed by atoms with van der Waals surface area (Å²) >= 11 is 13.7. The van der Waals surface area contributed by atoms with Crippen molar-refractivity contribution >= 4 is 46.0 Å². The van der Waals surface area contributed by atoms with E-state index in [0.29, 0.717) is 11.9 Å². The van der Waals surface area contributed by atoms with E-state index >= 15 is 0 Å². The number of imidazole rings is 1. The monoisotopic (exact) mass is 318 g/mol. The third-order valence-corrected chi connectivity index (χ3v) is 5.15. The molecule has 1 unspecified atom stereocenters. The molecule has 3 rings (SSSR count). The summed E-state index contributed by atoms with van der Waals surface area (Å²) in [6, 6.07) is 3.40. The summed E-state index contributed by atoms with van der Waals surface area (Å²) in [5.41, 5.74) is 1.52. The maximum absolute atomic E-state index is 13.7. The normalized spacial score (nSPS) is 20.1. The summed E-state index contributed by atoms with van der Waals surface area (Å²) in [6.45, 7) is 0. The molecule has 0 radical (unpaired) electrons. The van der Waals surface area contributed by atoms with Gasteiger partial charge in [0.2, 0.25) is 0 Å². The minimum Gasteiger partial charge on any atom is -0.323 e. The first kappa shape index (κ1) is 13.5. The van der Waals surface area contributed by atoms with Crippen LogP contribution in [0.2, 0.25) is 5.02 Å². The molecule has 0 N–H and O–H groups in total. The molecule has 0 aliphatic carbocycles. The number of benzene rings is 1. The molecule has 102 valence electrons. The van der Waals surface area contributed by atoms with Crippen molar-refractivity contribution in [2.45, 2.75) is 24.8 Å². The summed E-state index contributed by atoms with van der Waals surface area (Å²) < 4.78 is 15.8. The van der Waals surface area contributed by atoms with Gasteiger partial charge in [-0.05, 0) is 24.7 Å². The molecule has 19 heavy (non-hydrogen) atoms. The Morgan fingerprint density at radius 1 is 1.47 bits per heavy atom. The SMILES string of the molecule is Fc1cc2c(cc1Cl)nc(CCl)n2C1CCCSC1. The molecule has 1 saturated heterocycles. The average Bonchev–Trinajstić information content (AvgIpc) is 2.78. The smallest absolute Gasteiger partial charge is 0.144 e. The molecular weight excluding hydrogens is 306 g/mol. The highest BCUT2D eigenvalue weighted by molar-refractivity contribution is 7.99. The summed E-state index contributed by atoms with van der Waals surface area (Å²) in [5, 5.41) is 0.108. The summed E-state index contributed by atoms with van der Waals surface area (Å²) in [7, 11) is 0. The number of rotatable bonds is 2. The lowest BCUT2D eigenvalue weighted by molar-refractivity contribution is 0.499. The van der Waals surface area contributed by atoms with Crippen LogP contribution >= 0.6 is 35.0 Å². The number of hydrogen-bond donors (Lipinski definition) is 0. The van der Waals surface area contributed by atoms with E-state index in [1.54, 1.807) is 6.07 Å². The third kappa shape index (κ3) is 2.46. The van der Waals surface area contributed by atoms with Crippen LogP contribution in [-0.2, 0) is 5.88 Å². The van der Waals surface area contributed by atoms with Crippen LogP contribution in [0.5, 0.6) is 0 Å². The van der Waals surface area contributed by atoms with Crippen LogP contribution in [0.3, 0.4) is 0 Å². The molecule has 1 aromatic carbocycles. The second-order valence-corrected chi connectivity index (χ2v) is 6.48. The molecule has 1 aliphatic rings. The van der Waals surface area contributed by atoms with Crippen molar-refractivity contribution in [1.29, 1.82) is 0 Å². The summed E-state index contributed by atoms with van der Waals surface area (Å²) in [5.74, 6) is 2.94.